The van der Waals surface area contributed by atoms with Gasteiger partial charge in [-0.2, -0.15) is 13.2 Å². The Morgan fingerprint density at radius 3 is 2.46 bits per heavy atom. The monoisotopic (exact) mass is 883 g/mol. The predicted molar refractivity (Wildman–Crippen MR) is 229 cm³/mol. The quantitative estimate of drug-likeness (QED) is 0.129. The summed E-state index contributed by atoms with van der Waals surface area (Å²) in [5.74, 6) is 0.747. The molecule has 5 aromatic rings. The molecule has 3 fully saturated rings. The number of halogens is 4. The summed E-state index contributed by atoms with van der Waals surface area (Å²) < 4.78 is 58.9. The molecule has 0 radical (unpaired) electrons. The van der Waals surface area contributed by atoms with Gasteiger partial charge in [-0.15, -0.1) is 0 Å². The number of furan rings is 1. The lowest BCUT2D eigenvalue weighted by Gasteiger charge is -2.42. The number of aromatic nitrogens is 1. The molecule has 2 amide bonds. The van der Waals surface area contributed by atoms with Gasteiger partial charge < -0.3 is 29.2 Å². The number of benzene rings is 3. The van der Waals surface area contributed by atoms with E-state index < -0.39 is 54.1 Å². The van der Waals surface area contributed by atoms with Crippen LogP contribution in [0, 0.1) is 5.41 Å². The number of ether oxygens (including phenoxy) is 2. The lowest BCUT2D eigenvalue weighted by molar-refractivity contribution is -0.155. The van der Waals surface area contributed by atoms with E-state index in [2.05, 4.69) is 10.3 Å². The summed E-state index contributed by atoms with van der Waals surface area (Å²) in [7, 11) is 0. The van der Waals surface area contributed by atoms with Crippen molar-refractivity contribution in [1.29, 1.82) is 0 Å². The third-order valence-electron chi connectivity index (χ3n) is 12.9. The zero-order chi connectivity index (χ0) is 44.1. The van der Waals surface area contributed by atoms with E-state index in [0.717, 1.165) is 27.8 Å². The molecule has 2 aromatic heterocycles. The van der Waals surface area contributed by atoms with Gasteiger partial charge in [-0.25, -0.2) is 0 Å². The number of carbonyl (C=O) groups is 2. The van der Waals surface area contributed by atoms with Crippen molar-refractivity contribution >= 4 is 23.4 Å². The summed E-state index contributed by atoms with van der Waals surface area (Å²) >= 11 is 6.06. The average molecular weight is 884 g/mol. The molecule has 63 heavy (non-hydrogen) atoms. The van der Waals surface area contributed by atoms with Crippen LogP contribution < -0.4 is 10.1 Å². The van der Waals surface area contributed by atoms with Gasteiger partial charge in [-0.05, 0) is 97.8 Å². The molecule has 0 bridgehead atoms. The van der Waals surface area contributed by atoms with E-state index in [1.54, 1.807) is 29.4 Å². The van der Waals surface area contributed by atoms with Gasteiger partial charge in [0.1, 0.15) is 48.3 Å². The average Bonchev–Trinajstić information content (AvgIpc) is 3.66. The highest BCUT2D eigenvalue weighted by Gasteiger charge is 2.66. The smallest absolute Gasteiger partial charge is 0.405 e. The van der Waals surface area contributed by atoms with Gasteiger partial charge in [0.15, 0.2) is 0 Å². The van der Waals surface area contributed by atoms with Crippen LogP contribution in [0.4, 0.5) is 13.2 Å². The van der Waals surface area contributed by atoms with Crippen molar-refractivity contribution in [1.82, 2.24) is 25.0 Å². The lowest BCUT2D eigenvalue weighted by Crippen LogP contribution is -2.60. The third kappa shape index (κ3) is 8.97. The Labute approximate surface area is 368 Å². The zero-order valence-corrected chi connectivity index (χ0v) is 35.7. The van der Waals surface area contributed by atoms with E-state index in [1.807, 2.05) is 109 Å². The number of aliphatic hydroxyl groups excluding tert-OH is 1. The number of alkyl halides is 3. The van der Waals surface area contributed by atoms with Crippen LogP contribution in [-0.4, -0.2) is 106 Å². The molecule has 3 aliphatic heterocycles. The molecule has 3 aromatic carbocycles. The molecule has 330 valence electrons. The predicted octanol–water partition coefficient (Wildman–Crippen LogP) is 7.85. The molecule has 5 heterocycles. The first kappa shape index (κ1) is 43.0. The second-order valence-corrected chi connectivity index (χ2v) is 18.0. The molecule has 15 heteroatoms. The van der Waals surface area contributed by atoms with Crippen LogP contribution in [0.3, 0.4) is 0 Å². The maximum Gasteiger partial charge on any atom is 0.405 e. The second kappa shape index (κ2) is 17.0. The van der Waals surface area contributed by atoms with Gasteiger partial charge in [0, 0.05) is 54.7 Å². The number of carbonyl (C=O) groups excluding carboxylic acids is 2. The van der Waals surface area contributed by atoms with Crippen LogP contribution in [0.2, 0.25) is 5.02 Å². The molecule has 2 N–H and O–H groups in total. The Morgan fingerprint density at radius 2 is 1.71 bits per heavy atom. The van der Waals surface area contributed by atoms with Crippen molar-refractivity contribution < 1.29 is 41.8 Å². The number of para-hydroxylation sites is 1. The first-order chi connectivity index (χ1) is 30.2. The zero-order valence-electron chi connectivity index (χ0n) is 34.9. The number of hydrogen-bond acceptors (Lipinski definition) is 9. The molecule has 11 nitrogen and oxygen atoms in total. The fraction of sp³-hybridized carbons (Fsp3) is 0.396. The van der Waals surface area contributed by atoms with Crippen molar-refractivity contribution in [3.8, 4) is 28.2 Å². The van der Waals surface area contributed by atoms with Crippen molar-refractivity contribution in [2.45, 2.75) is 75.3 Å². The molecule has 1 aliphatic carbocycles. The van der Waals surface area contributed by atoms with Crippen molar-refractivity contribution in [2.75, 3.05) is 39.3 Å². The molecule has 3 unspecified atom stereocenters. The number of rotatable bonds is 12. The minimum atomic E-state index is -4.61. The van der Waals surface area contributed by atoms with Crippen molar-refractivity contribution in [3.63, 3.8) is 0 Å². The third-order valence-corrected chi connectivity index (χ3v) is 13.1. The maximum atomic E-state index is 15.5. The van der Waals surface area contributed by atoms with Gasteiger partial charge in [0.2, 0.25) is 11.8 Å². The van der Waals surface area contributed by atoms with E-state index in [9.17, 15) is 23.1 Å². The summed E-state index contributed by atoms with van der Waals surface area (Å²) in [6.45, 7) is 3.64. The maximum absolute atomic E-state index is 15.5. The number of amides is 2. The van der Waals surface area contributed by atoms with E-state index in [4.69, 9.17) is 25.5 Å². The van der Waals surface area contributed by atoms with Crippen LogP contribution >= 0.6 is 11.6 Å². The fourth-order valence-electron chi connectivity index (χ4n) is 9.83. The summed E-state index contributed by atoms with van der Waals surface area (Å²) in [5.41, 5.74) is 2.51. The number of piperazine rings is 1. The Bertz CT molecular complexity index is 2430. The summed E-state index contributed by atoms with van der Waals surface area (Å²) in [6.07, 6.45) is -2.11. The molecular formula is C48H49ClF3N5O6. The second-order valence-electron chi connectivity index (χ2n) is 17.6. The number of pyridine rings is 1. The normalized spacial score (nSPS) is 24.8. The largest absolute Gasteiger partial charge is 0.490 e. The first-order valence-electron chi connectivity index (χ1n) is 21.2. The minimum absolute atomic E-state index is 0.0380. The molecule has 4 aliphatic rings. The number of nitrogens with zero attached hydrogens (tertiary/aromatic N) is 4. The summed E-state index contributed by atoms with van der Waals surface area (Å²) in [5, 5.41) is 14.8. The number of aliphatic hydroxyl groups is 1. The van der Waals surface area contributed by atoms with Gasteiger partial charge in [0.05, 0.1) is 24.1 Å². The number of fused-ring (bicyclic) bond motifs is 3. The van der Waals surface area contributed by atoms with Crippen LogP contribution in [0.25, 0.3) is 22.5 Å². The highest BCUT2D eigenvalue weighted by Crippen LogP contribution is 2.65. The molecule has 0 spiro atoms. The standard InChI is InChI=1S/C48H49ClF3N5O6/c1-46(2)57(43-37-7-3-4-8-41(37)61-28-42(43)63-46)45(60)47(23-38(47)31-11-9-30(10-12-31)33-6-5-19-53-24-33)22-35(58)25-56-21-20-55(27-39(56)44(59)54-29-48(50,51)52)26-36-17-18-40(62-36)32-13-15-34(49)16-14-32/h3-19,24,35,38-39,42-43,58H,20-23,25-29H2,1-2H3,(H,54,59)/t35?,38-,39-,42+,43?,47?/m0/s1. The lowest BCUT2D eigenvalue weighted by atomic mass is 9.87. The van der Waals surface area contributed by atoms with Crippen molar-refractivity contribution in [3.05, 3.63) is 131 Å². The van der Waals surface area contributed by atoms with E-state index in [1.165, 1.54) is 0 Å². The Balaban J connectivity index is 0.970. The van der Waals surface area contributed by atoms with E-state index in [0.29, 0.717) is 41.8 Å². The SMILES string of the molecule is CC1(C)O[C@@H]2COc3ccccc3C2N1C(=O)C1(CC(O)CN2CCN(Cc3ccc(-c4ccc(Cl)cc4)o3)C[C@H]2C(=O)NCC(F)(F)F)C[C@H]1c1ccc(-c2cccnc2)cc1. The molecule has 6 atom stereocenters. The van der Waals surface area contributed by atoms with Gasteiger partial charge in [-0.3, -0.25) is 24.4 Å². The van der Waals surface area contributed by atoms with Gasteiger partial charge in [0.25, 0.3) is 0 Å². The molecule has 2 saturated heterocycles. The van der Waals surface area contributed by atoms with Crippen LogP contribution in [-0.2, 0) is 20.9 Å². The highest BCUT2D eigenvalue weighted by atomic mass is 35.5. The number of hydrogen-bond donors (Lipinski definition) is 2. The van der Waals surface area contributed by atoms with Crippen LogP contribution in [0.15, 0.2) is 114 Å². The summed E-state index contributed by atoms with van der Waals surface area (Å²) in [4.78, 5) is 38.9. The highest BCUT2D eigenvalue weighted by molar-refractivity contribution is 6.30. The Morgan fingerprint density at radius 1 is 0.952 bits per heavy atom. The summed E-state index contributed by atoms with van der Waals surface area (Å²) in [6, 6.07) is 29.0. The molecular weight excluding hydrogens is 835 g/mol. The Kier molecular flexibility index (Phi) is 11.6. The number of β-amino-alcohol motifs (C(OH)–C–C–N with tert-alkyl or cyclic N) is 1. The van der Waals surface area contributed by atoms with E-state index in [-0.39, 0.29) is 44.5 Å². The van der Waals surface area contributed by atoms with Gasteiger partial charge >= 0.3 is 6.18 Å². The topological polar surface area (TPSA) is 121 Å². The van der Waals surface area contributed by atoms with Crippen LogP contribution in [0.5, 0.6) is 5.75 Å². The Hall–Kier alpha value is -5.25. The van der Waals surface area contributed by atoms with Gasteiger partial charge in [-0.1, -0.05) is 60.1 Å². The van der Waals surface area contributed by atoms with Crippen molar-refractivity contribution in [2.24, 2.45) is 5.41 Å². The molecule has 9 rings (SSSR count). The number of nitrogens with one attached hydrogen (secondary N) is 1. The fourth-order valence-corrected chi connectivity index (χ4v) is 9.96. The first-order valence-corrected chi connectivity index (χ1v) is 21.6. The van der Waals surface area contributed by atoms with E-state index >= 15 is 4.79 Å². The van der Waals surface area contributed by atoms with Crippen LogP contribution in [0.1, 0.15) is 55.5 Å². The molecule has 1 saturated carbocycles. The minimum Gasteiger partial charge on any atom is -0.490 e.